The first kappa shape index (κ1) is 29.7. The van der Waals surface area contributed by atoms with Gasteiger partial charge in [0.2, 0.25) is 11.8 Å². The average Bonchev–Trinajstić information content (AvgIpc) is 3.47. The van der Waals surface area contributed by atoms with E-state index in [2.05, 4.69) is 20.1 Å². The van der Waals surface area contributed by atoms with Crippen molar-refractivity contribution >= 4 is 46.8 Å². The quantitative estimate of drug-likeness (QED) is 0.396. The minimum atomic E-state index is -0.851. The predicted octanol–water partition coefficient (Wildman–Crippen LogP) is 4.45. The van der Waals surface area contributed by atoms with Crippen LogP contribution in [0.15, 0.2) is 43.5 Å². The summed E-state index contributed by atoms with van der Waals surface area (Å²) in [6, 6.07) is 4.04. The Hall–Kier alpha value is -2.29. The smallest absolute Gasteiger partial charge is 0.251 e. The first-order valence-corrected chi connectivity index (χ1v) is 14.9. The number of benzene rings is 1. The van der Waals surface area contributed by atoms with Gasteiger partial charge in [-0.3, -0.25) is 14.4 Å². The van der Waals surface area contributed by atoms with Gasteiger partial charge in [0.25, 0.3) is 5.91 Å². The molecular formula is C30H40ClN3O4S. The summed E-state index contributed by atoms with van der Waals surface area (Å²) >= 11 is 8.25. The number of hydrogen-bond acceptors (Lipinski definition) is 5. The second kappa shape index (κ2) is 11.3. The van der Waals surface area contributed by atoms with E-state index in [1.807, 2.05) is 26.0 Å². The molecule has 9 heteroatoms. The van der Waals surface area contributed by atoms with Crippen LogP contribution in [0.1, 0.15) is 45.6 Å². The van der Waals surface area contributed by atoms with Crippen LogP contribution in [-0.4, -0.2) is 80.4 Å². The summed E-state index contributed by atoms with van der Waals surface area (Å²) in [5, 5.41) is 10.6. The minimum absolute atomic E-state index is 0.0544. The van der Waals surface area contributed by atoms with E-state index in [0.717, 1.165) is 18.4 Å². The number of carbonyl (C=O) groups is 3. The molecule has 1 aromatic rings. The molecule has 0 aliphatic carbocycles. The Morgan fingerprint density at radius 2 is 1.95 bits per heavy atom. The Kier molecular flexibility index (Phi) is 8.60. The third-order valence-corrected chi connectivity index (χ3v) is 10.9. The molecule has 4 rings (SSSR count). The minimum Gasteiger partial charge on any atom is -0.394 e. The highest BCUT2D eigenvalue weighted by Gasteiger charge is 2.78. The van der Waals surface area contributed by atoms with E-state index in [9.17, 15) is 19.5 Å². The molecule has 1 aromatic carbocycles. The number of likely N-dealkylation sites (tertiary alicyclic amines) is 1. The molecule has 0 radical (unpaired) electrons. The van der Waals surface area contributed by atoms with Gasteiger partial charge >= 0.3 is 0 Å². The van der Waals surface area contributed by atoms with Crippen LogP contribution in [0, 0.1) is 18.8 Å². The van der Waals surface area contributed by atoms with Gasteiger partial charge in [0.1, 0.15) is 6.04 Å². The van der Waals surface area contributed by atoms with Gasteiger partial charge in [-0.25, -0.2) is 0 Å². The van der Waals surface area contributed by atoms with Crippen LogP contribution in [0.4, 0.5) is 5.69 Å². The van der Waals surface area contributed by atoms with Crippen LogP contribution in [-0.2, 0) is 14.4 Å². The van der Waals surface area contributed by atoms with E-state index >= 15 is 0 Å². The molecule has 7 nitrogen and oxygen atoms in total. The lowest BCUT2D eigenvalue weighted by Gasteiger charge is -2.39. The van der Waals surface area contributed by atoms with Crippen molar-refractivity contribution in [1.29, 1.82) is 0 Å². The van der Waals surface area contributed by atoms with Gasteiger partial charge in [-0.15, -0.1) is 24.9 Å². The molecule has 6 atom stereocenters. The third kappa shape index (κ3) is 4.62. The molecule has 212 valence electrons. The Morgan fingerprint density at radius 3 is 2.54 bits per heavy atom. The summed E-state index contributed by atoms with van der Waals surface area (Å²) in [6.07, 6.45) is 5.52. The molecule has 1 N–H and O–H groups in total. The Bertz CT molecular complexity index is 1160. The number of carbonyl (C=O) groups excluding carboxylic acids is 3. The normalized spacial score (nSPS) is 29.7. The second-order valence-corrected chi connectivity index (χ2v) is 13.5. The molecule has 3 saturated heterocycles. The van der Waals surface area contributed by atoms with Gasteiger partial charge in [0.15, 0.2) is 0 Å². The van der Waals surface area contributed by atoms with Crippen molar-refractivity contribution in [3.8, 4) is 0 Å². The topological polar surface area (TPSA) is 81.2 Å². The van der Waals surface area contributed by atoms with Crippen LogP contribution in [0.2, 0.25) is 5.02 Å². The fourth-order valence-electron chi connectivity index (χ4n) is 7.03. The molecule has 3 aliphatic heterocycles. The van der Waals surface area contributed by atoms with Crippen LogP contribution in [0.3, 0.4) is 0 Å². The molecule has 2 bridgehead atoms. The van der Waals surface area contributed by atoms with Gasteiger partial charge in [-0.2, -0.15) is 0 Å². The van der Waals surface area contributed by atoms with Crippen molar-refractivity contribution in [2.45, 2.75) is 68.5 Å². The molecular weight excluding hydrogens is 534 g/mol. The molecule has 39 heavy (non-hydrogen) atoms. The summed E-state index contributed by atoms with van der Waals surface area (Å²) in [7, 11) is 0. The van der Waals surface area contributed by atoms with E-state index in [1.165, 1.54) is 0 Å². The number of hydrogen-bond donors (Lipinski definition) is 1. The number of amides is 3. The summed E-state index contributed by atoms with van der Waals surface area (Å²) in [6.45, 7) is 16.4. The summed E-state index contributed by atoms with van der Waals surface area (Å²) in [5.74, 6) is -1.76. The maximum atomic E-state index is 14.7. The lowest BCUT2D eigenvalue weighted by molar-refractivity contribution is -0.146. The number of thioether (sulfide) groups is 1. The SMILES string of the molecule is C=CCN(CCC)C(=O)[C@@H]1[C@H]2C(=O)N([C@H](C)CO)C(C(=O)N(CC=C)c3c(C)cccc3Cl)C23CC[C@@]1(C)S3. The van der Waals surface area contributed by atoms with E-state index in [-0.39, 0.29) is 30.9 Å². The largest absolute Gasteiger partial charge is 0.394 e. The lowest BCUT2D eigenvalue weighted by Crippen LogP contribution is -2.57. The first-order chi connectivity index (χ1) is 18.5. The number of aryl methyl sites for hydroxylation is 1. The summed E-state index contributed by atoms with van der Waals surface area (Å²) < 4.78 is -1.26. The average molecular weight is 574 g/mol. The number of fused-ring (bicyclic) bond motifs is 1. The molecule has 0 saturated carbocycles. The van der Waals surface area contributed by atoms with Crippen molar-refractivity contribution < 1.29 is 19.5 Å². The molecule has 3 heterocycles. The Morgan fingerprint density at radius 1 is 1.26 bits per heavy atom. The first-order valence-electron chi connectivity index (χ1n) is 13.7. The van der Waals surface area contributed by atoms with Crippen LogP contribution >= 0.6 is 23.4 Å². The van der Waals surface area contributed by atoms with E-state index in [4.69, 9.17) is 11.6 Å². The highest BCUT2D eigenvalue weighted by molar-refractivity contribution is 8.02. The van der Waals surface area contributed by atoms with Gasteiger partial charge in [-0.1, -0.05) is 42.8 Å². The third-order valence-electron chi connectivity index (χ3n) is 8.64. The molecule has 3 fully saturated rings. The van der Waals surface area contributed by atoms with E-state index < -0.39 is 33.4 Å². The van der Waals surface area contributed by atoms with Gasteiger partial charge < -0.3 is 19.8 Å². The zero-order valence-corrected chi connectivity index (χ0v) is 24.9. The van der Waals surface area contributed by atoms with Crippen LogP contribution in [0.25, 0.3) is 0 Å². The standard InChI is InChI=1S/C30H40ClN3O4S/c1-7-15-32(16-8-2)26(36)22-23-27(37)34(20(5)18-35)25(30(23)14-13-29(22,6)39-30)28(38)33(17-9-3)24-19(4)11-10-12-21(24)31/h7,9-12,20,22-23,25,35H,1,3,8,13-18H2,2,4-6H3/t20-,22+,23+,25?,29-,30?/m1/s1. The van der Waals surface area contributed by atoms with Crippen molar-refractivity contribution in [3.63, 3.8) is 0 Å². The number of aliphatic hydroxyl groups is 1. The number of anilines is 1. The van der Waals surface area contributed by atoms with Crippen molar-refractivity contribution in [2.75, 3.05) is 31.1 Å². The number of aliphatic hydroxyl groups excluding tert-OH is 1. The second-order valence-electron chi connectivity index (χ2n) is 11.2. The molecule has 1 spiro atoms. The number of para-hydroxylation sites is 1. The monoisotopic (exact) mass is 573 g/mol. The Balaban J connectivity index is 1.85. The van der Waals surface area contributed by atoms with E-state index in [0.29, 0.717) is 30.2 Å². The summed E-state index contributed by atoms with van der Waals surface area (Å²) in [4.78, 5) is 48.1. The zero-order valence-electron chi connectivity index (χ0n) is 23.4. The van der Waals surface area contributed by atoms with Gasteiger partial charge in [-0.05, 0) is 51.7 Å². The maximum Gasteiger partial charge on any atom is 0.251 e. The highest BCUT2D eigenvalue weighted by Crippen LogP contribution is 2.72. The number of rotatable bonds is 11. The summed E-state index contributed by atoms with van der Waals surface area (Å²) in [5.41, 5.74) is 1.42. The zero-order chi connectivity index (χ0) is 28.7. The number of nitrogens with zero attached hydrogens (tertiary/aromatic N) is 3. The van der Waals surface area contributed by atoms with Crippen LogP contribution in [0.5, 0.6) is 0 Å². The highest BCUT2D eigenvalue weighted by atomic mass is 35.5. The van der Waals surface area contributed by atoms with Gasteiger partial charge in [0.05, 0.1) is 39.9 Å². The predicted molar refractivity (Wildman–Crippen MR) is 158 cm³/mol. The molecule has 0 aromatic heterocycles. The molecule has 3 amide bonds. The lowest BCUT2D eigenvalue weighted by atomic mass is 9.66. The van der Waals surface area contributed by atoms with Crippen molar-refractivity contribution in [2.24, 2.45) is 11.8 Å². The number of halogens is 1. The maximum absolute atomic E-state index is 14.7. The van der Waals surface area contributed by atoms with E-state index in [1.54, 1.807) is 51.6 Å². The molecule has 3 aliphatic rings. The van der Waals surface area contributed by atoms with Crippen molar-refractivity contribution in [1.82, 2.24) is 9.80 Å². The van der Waals surface area contributed by atoms with Crippen LogP contribution < -0.4 is 4.90 Å². The Labute approximate surface area is 241 Å². The van der Waals surface area contributed by atoms with Crippen molar-refractivity contribution in [3.05, 3.63) is 54.1 Å². The fraction of sp³-hybridized carbons (Fsp3) is 0.567. The molecule has 2 unspecified atom stereocenters. The van der Waals surface area contributed by atoms with Gasteiger partial charge in [0, 0.05) is 24.4 Å². The fourth-order valence-corrected chi connectivity index (χ4v) is 9.68.